The van der Waals surface area contributed by atoms with Crippen LogP contribution in [0.4, 0.5) is 0 Å². The van der Waals surface area contributed by atoms with E-state index in [2.05, 4.69) is 26.2 Å². The van der Waals surface area contributed by atoms with E-state index in [-0.39, 0.29) is 5.56 Å². The van der Waals surface area contributed by atoms with Crippen molar-refractivity contribution in [1.82, 2.24) is 15.0 Å². The number of nitrogens with zero attached hydrogens (tertiary/aromatic N) is 3. The van der Waals surface area contributed by atoms with Crippen LogP contribution in [-0.2, 0) is 7.05 Å². The molecular weight excluding hydrogens is 286 g/mol. The van der Waals surface area contributed by atoms with Gasteiger partial charge in [0.25, 0.3) is 0 Å². The van der Waals surface area contributed by atoms with Gasteiger partial charge in [0.2, 0.25) is 0 Å². The fourth-order valence-corrected chi connectivity index (χ4v) is 2.28. The number of carboxylic acids is 1. The largest absolute Gasteiger partial charge is 0.478 e. The number of aryl methyl sites for hydroxylation is 1. The predicted molar refractivity (Wildman–Crippen MR) is 65.8 cm³/mol. The highest BCUT2D eigenvalue weighted by Gasteiger charge is 2.16. The number of hydrogen-bond donors (Lipinski definition) is 1. The highest BCUT2D eigenvalue weighted by Crippen LogP contribution is 2.29. The molecule has 17 heavy (non-hydrogen) atoms. The quantitative estimate of drug-likeness (QED) is 0.923. The molecule has 0 saturated heterocycles. The molecule has 1 aromatic heterocycles. The third kappa shape index (κ3) is 1.95. The third-order valence-electron chi connectivity index (χ3n) is 2.61. The van der Waals surface area contributed by atoms with Crippen molar-refractivity contribution >= 4 is 21.9 Å². The first-order chi connectivity index (χ1) is 8.02. The molecule has 2 rings (SSSR count). The van der Waals surface area contributed by atoms with Crippen molar-refractivity contribution in [2.75, 3.05) is 0 Å². The van der Waals surface area contributed by atoms with Gasteiger partial charge in [-0.15, -0.1) is 5.10 Å². The van der Waals surface area contributed by atoms with Gasteiger partial charge in [0.1, 0.15) is 5.69 Å². The molecule has 5 nitrogen and oxygen atoms in total. The lowest BCUT2D eigenvalue weighted by molar-refractivity contribution is 0.0696. The van der Waals surface area contributed by atoms with Gasteiger partial charge in [0.15, 0.2) is 4.60 Å². The standard InChI is InChI=1S/C11H10BrN3O2/c1-6-7(4-3-5-8(6)11(16)17)9-10(12)13-14-15(9)2/h3-5H,1-2H3,(H,16,17). The molecule has 1 heterocycles. The van der Waals surface area contributed by atoms with Crippen molar-refractivity contribution in [2.24, 2.45) is 7.05 Å². The molecule has 1 N–H and O–H groups in total. The number of carbonyl (C=O) groups is 1. The van der Waals surface area contributed by atoms with Crippen molar-refractivity contribution in [1.29, 1.82) is 0 Å². The summed E-state index contributed by atoms with van der Waals surface area (Å²) in [6, 6.07) is 5.15. The lowest BCUT2D eigenvalue weighted by Crippen LogP contribution is -2.02. The first-order valence-corrected chi connectivity index (χ1v) is 5.70. The lowest BCUT2D eigenvalue weighted by Gasteiger charge is -2.08. The lowest BCUT2D eigenvalue weighted by atomic mass is 10.0. The summed E-state index contributed by atoms with van der Waals surface area (Å²) in [5, 5.41) is 16.8. The van der Waals surface area contributed by atoms with Crippen LogP contribution in [0.3, 0.4) is 0 Å². The van der Waals surface area contributed by atoms with E-state index < -0.39 is 5.97 Å². The van der Waals surface area contributed by atoms with Gasteiger partial charge in [0.05, 0.1) is 5.56 Å². The number of carboxylic acid groups (broad SMARTS) is 1. The number of hydrogen-bond acceptors (Lipinski definition) is 3. The molecular formula is C11H10BrN3O2. The molecule has 0 bridgehead atoms. The van der Waals surface area contributed by atoms with Gasteiger partial charge in [-0.3, -0.25) is 0 Å². The summed E-state index contributed by atoms with van der Waals surface area (Å²) < 4.78 is 2.21. The van der Waals surface area contributed by atoms with Gasteiger partial charge in [-0.05, 0) is 34.5 Å². The molecule has 1 aromatic carbocycles. The molecule has 0 radical (unpaired) electrons. The van der Waals surface area contributed by atoms with Gasteiger partial charge in [-0.1, -0.05) is 17.3 Å². The normalized spacial score (nSPS) is 10.5. The van der Waals surface area contributed by atoms with Crippen LogP contribution < -0.4 is 0 Å². The maximum Gasteiger partial charge on any atom is 0.335 e. The minimum absolute atomic E-state index is 0.288. The fraction of sp³-hybridized carbons (Fsp3) is 0.182. The molecule has 2 aromatic rings. The predicted octanol–water partition coefficient (Wildman–Crippen LogP) is 2.25. The molecule has 88 valence electrons. The van der Waals surface area contributed by atoms with E-state index in [1.807, 2.05) is 6.07 Å². The third-order valence-corrected chi connectivity index (χ3v) is 3.14. The van der Waals surface area contributed by atoms with Crippen LogP contribution in [0.5, 0.6) is 0 Å². The SMILES string of the molecule is Cc1c(C(=O)O)cccc1-c1c(Br)nnn1C. The van der Waals surface area contributed by atoms with Crippen LogP contribution >= 0.6 is 15.9 Å². The zero-order valence-corrected chi connectivity index (χ0v) is 10.9. The van der Waals surface area contributed by atoms with E-state index in [9.17, 15) is 4.79 Å². The maximum atomic E-state index is 11.1. The Hall–Kier alpha value is -1.69. The second kappa shape index (κ2) is 4.29. The van der Waals surface area contributed by atoms with E-state index in [1.165, 1.54) is 0 Å². The monoisotopic (exact) mass is 295 g/mol. The van der Waals surface area contributed by atoms with Gasteiger partial charge in [-0.2, -0.15) is 0 Å². The summed E-state index contributed by atoms with van der Waals surface area (Å²) in [6.45, 7) is 1.78. The van der Waals surface area contributed by atoms with E-state index in [4.69, 9.17) is 5.11 Å². The fourth-order valence-electron chi connectivity index (χ4n) is 1.74. The van der Waals surface area contributed by atoms with Crippen molar-refractivity contribution in [2.45, 2.75) is 6.92 Å². The van der Waals surface area contributed by atoms with Crippen LogP contribution in [0.2, 0.25) is 0 Å². The van der Waals surface area contributed by atoms with Gasteiger partial charge in [0, 0.05) is 12.6 Å². The molecule has 0 amide bonds. The summed E-state index contributed by atoms with van der Waals surface area (Å²) in [5.41, 5.74) is 2.57. The molecule has 0 unspecified atom stereocenters. The maximum absolute atomic E-state index is 11.1. The molecule has 0 saturated carbocycles. The number of halogens is 1. The molecule has 0 atom stereocenters. The number of aromatic nitrogens is 3. The van der Waals surface area contributed by atoms with Crippen molar-refractivity contribution < 1.29 is 9.90 Å². The average molecular weight is 296 g/mol. The second-order valence-electron chi connectivity index (χ2n) is 3.64. The zero-order valence-electron chi connectivity index (χ0n) is 9.31. The van der Waals surface area contributed by atoms with Crippen LogP contribution in [0, 0.1) is 6.92 Å². The summed E-state index contributed by atoms with van der Waals surface area (Å²) in [7, 11) is 1.76. The summed E-state index contributed by atoms with van der Waals surface area (Å²) in [4.78, 5) is 11.1. The Kier molecular flexibility index (Phi) is 2.97. The molecule has 0 aliphatic heterocycles. The van der Waals surface area contributed by atoms with Gasteiger partial charge < -0.3 is 5.11 Å². The molecule has 0 aliphatic carbocycles. The molecule has 0 aliphatic rings. The van der Waals surface area contributed by atoms with E-state index in [0.717, 1.165) is 11.3 Å². The molecule has 0 spiro atoms. The first-order valence-electron chi connectivity index (χ1n) is 4.91. The van der Waals surface area contributed by atoms with Crippen molar-refractivity contribution in [3.63, 3.8) is 0 Å². The number of rotatable bonds is 2. The Morgan fingerprint density at radius 3 is 2.71 bits per heavy atom. The van der Waals surface area contributed by atoms with E-state index in [1.54, 1.807) is 30.8 Å². The Balaban J connectivity index is 2.69. The Labute approximate surface area is 106 Å². The Bertz CT molecular complexity index is 573. The highest BCUT2D eigenvalue weighted by atomic mass is 79.9. The summed E-state index contributed by atoms with van der Waals surface area (Å²) >= 11 is 3.31. The number of aromatic carboxylic acids is 1. The minimum Gasteiger partial charge on any atom is -0.478 e. The number of benzene rings is 1. The Morgan fingerprint density at radius 1 is 1.47 bits per heavy atom. The van der Waals surface area contributed by atoms with Gasteiger partial charge >= 0.3 is 5.97 Å². The van der Waals surface area contributed by atoms with Crippen LogP contribution in [0.15, 0.2) is 22.8 Å². The minimum atomic E-state index is -0.935. The average Bonchev–Trinajstić information content (AvgIpc) is 2.59. The zero-order chi connectivity index (χ0) is 12.6. The highest BCUT2D eigenvalue weighted by molar-refractivity contribution is 9.10. The first kappa shape index (κ1) is 11.8. The summed E-state index contributed by atoms with van der Waals surface area (Å²) in [5.74, 6) is -0.935. The smallest absolute Gasteiger partial charge is 0.335 e. The van der Waals surface area contributed by atoms with Crippen molar-refractivity contribution in [3.8, 4) is 11.3 Å². The molecule has 0 fully saturated rings. The van der Waals surface area contributed by atoms with E-state index >= 15 is 0 Å². The summed E-state index contributed by atoms with van der Waals surface area (Å²) in [6.07, 6.45) is 0. The van der Waals surface area contributed by atoms with E-state index in [0.29, 0.717) is 10.2 Å². The Morgan fingerprint density at radius 2 is 2.18 bits per heavy atom. The second-order valence-corrected chi connectivity index (χ2v) is 4.39. The molecule has 6 heteroatoms. The van der Waals surface area contributed by atoms with Crippen LogP contribution in [0.1, 0.15) is 15.9 Å². The topological polar surface area (TPSA) is 68.0 Å². The van der Waals surface area contributed by atoms with Gasteiger partial charge in [-0.25, -0.2) is 9.48 Å². The van der Waals surface area contributed by atoms with Crippen LogP contribution in [0.25, 0.3) is 11.3 Å². The van der Waals surface area contributed by atoms with Crippen LogP contribution in [-0.4, -0.2) is 26.1 Å². The van der Waals surface area contributed by atoms with Crippen molar-refractivity contribution in [3.05, 3.63) is 33.9 Å².